The number of thiophene rings is 1. The maximum Gasteiger partial charge on any atom is 0.335 e. The van der Waals surface area contributed by atoms with E-state index in [0.29, 0.717) is 9.85 Å². The predicted molar refractivity (Wildman–Crippen MR) is 92.3 cm³/mol. The highest BCUT2D eigenvalue weighted by Gasteiger charge is 2.13. The summed E-state index contributed by atoms with van der Waals surface area (Å²) in [5.74, 6) is -0.972. The number of carboxylic acid groups (broad SMARTS) is 1. The molecule has 0 saturated heterocycles. The monoisotopic (exact) mass is 340 g/mol. The zero-order valence-corrected chi connectivity index (χ0v) is 13.2. The molecule has 3 aromatic heterocycles. The summed E-state index contributed by atoms with van der Waals surface area (Å²) in [6, 6.07) is 10.6. The number of fused-ring (bicyclic) bond motifs is 3. The van der Waals surface area contributed by atoms with E-state index in [0.717, 1.165) is 26.7 Å². The Morgan fingerprint density at radius 2 is 1.96 bits per heavy atom. The number of carbonyl (C=O) groups is 1. The molecule has 4 rings (SSSR count). The number of aromatic nitrogens is 2. The molecule has 3 heterocycles. The first-order valence-corrected chi connectivity index (χ1v) is 7.99. The van der Waals surface area contributed by atoms with Crippen LogP contribution in [-0.2, 0) is 0 Å². The minimum absolute atomic E-state index is 0.211. The summed E-state index contributed by atoms with van der Waals surface area (Å²) in [6.07, 6.45) is 3.50. The van der Waals surface area contributed by atoms with Crippen molar-refractivity contribution in [3.63, 3.8) is 0 Å². The van der Waals surface area contributed by atoms with Crippen LogP contribution in [0.25, 0.3) is 32.2 Å². The van der Waals surface area contributed by atoms with Gasteiger partial charge in [0.25, 0.3) is 0 Å². The Balaban J connectivity index is 2.12. The van der Waals surface area contributed by atoms with Gasteiger partial charge in [0.05, 0.1) is 26.0 Å². The number of hydrogen-bond acceptors (Lipinski definition) is 4. The van der Waals surface area contributed by atoms with Crippen molar-refractivity contribution in [2.75, 3.05) is 0 Å². The Morgan fingerprint density at radius 1 is 1.09 bits per heavy atom. The molecule has 0 aliphatic rings. The molecule has 112 valence electrons. The number of carboxylic acids is 1. The molecule has 0 fully saturated rings. The summed E-state index contributed by atoms with van der Waals surface area (Å²) >= 11 is 7.49. The predicted octanol–water partition coefficient (Wildman–Crippen LogP) is 4.86. The SMILES string of the molecule is O=C(O)c1ccc2c(c1)nc(-c1ccc(Cl)s1)c1ccncc12. The van der Waals surface area contributed by atoms with Gasteiger partial charge in [-0.1, -0.05) is 17.7 Å². The standard InChI is InChI=1S/C17H9ClN2O2S/c18-15-4-3-14(23-15)16-11-5-6-19-8-12(11)10-2-1-9(17(21)22)7-13(10)20-16/h1-8H,(H,21,22). The van der Waals surface area contributed by atoms with Gasteiger partial charge in [-0.25, -0.2) is 9.78 Å². The van der Waals surface area contributed by atoms with Crippen LogP contribution >= 0.6 is 22.9 Å². The first-order valence-electron chi connectivity index (χ1n) is 6.80. The van der Waals surface area contributed by atoms with Crippen LogP contribution in [0.3, 0.4) is 0 Å². The Kier molecular flexibility index (Phi) is 3.25. The molecular formula is C17H9ClN2O2S. The van der Waals surface area contributed by atoms with Gasteiger partial charge in [-0.2, -0.15) is 0 Å². The van der Waals surface area contributed by atoms with Crippen LogP contribution < -0.4 is 0 Å². The van der Waals surface area contributed by atoms with E-state index in [1.807, 2.05) is 18.2 Å². The largest absolute Gasteiger partial charge is 0.478 e. The van der Waals surface area contributed by atoms with Crippen LogP contribution in [0.2, 0.25) is 4.34 Å². The van der Waals surface area contributed by atoms with Crippen molar-refractivity contribution >= 4 is 50.6 Å². The highest BCUT2D eigenvalue weighted by atomic mass is 35.5. The topological polar surface area (TPSA) is 63.1 Å². The number of benzene rings is 1. The third-order valence-corrected chi connectivity index (χ3v) is 4.89. The molecule has 0 aliphatic heterocycles. The van der Waals surface area contributed by atoms with Gasteiger partial charge in [-0.05, 0) is 30.3 Å². The van der Waals surface area contributed by atoms with E-state index in [2.05, 4.69) is 4.98 Å². The summed E-state index contributed by atoms with van der Waals surface area (Å²) in [5.41, 5.74) is 1.63. The molecule has 23 heavy (non-hydrogen) atoms. The fourth-order valence-electron chi connectivity index (χ4n) is 2.61. The zero-order valence-electron chi connectivity index (χ0n) is 11.7. The molecule has 4 aromatic rings. The molecule has 0 spiro atoms. The molecular weight excluding hydrogens is 332 g/mol. The lowest BCUT2D eigenvalue weighted by atomic mass is 10.0. The second-order valence-corrected chi connectivity index (χ2v) is 6.74. The Bertz CT molecular complexity index is 1070. The molecule has 1 aromatic carbocycles. The Labute approximate surface area is 140 Å². The first-order chi connectivity index (χ1) is 11.1. The van der Waals surface area contributed by atoms with Crippen molar-refractivity contribution < 1.29 is 9.90 Å². The van der Waals surface area contributed by atoms with E-state index < -0.39 is 5.97 Å². The van der Waals surface area contributed by atoms with Crippen LogP contribution in [0.4, 0.5) is 0 Å². The average molecular weight is 341 g/mol. The number of hydrogen-bond donors (Lipinski definition) is 1. The third kappa shape index (κ3) is 2.34. The molecule has 0 bridgehead atoms. The van der Waals surface area contributed by atoms with Crippen molar-refractivity contribution in [1.82, 2.24) is 9.97 Å². The lowest BCUT2D eigenvalue weighted by Gasteiger charge is -2.08. The number of rotatable bonds is 2. The fourth-order valence-corrected chi connectivity index (χ4v) is 3.66. The third-order valence-electron chi connectivity index (χ3n) is 3.65. The average Bonchev–Trinajstić information content (AvgIpc) is 2.99. The molecule has 0 amide bonds. The van der Waals surface area contributed by atoms with Gasteiger partial charge in [-0.3, -0.25) is 4.98 Å². The Hall–Kier alpha value is -2.50. The van der Waals surface area contributed by atoms with Crippen LogP contribution in [0.5, 0.6) is 0 Å². The van der Waals surface area contributed by atoms with E-state index in [1.165, 1.54) is 11.3 Å². The maximum atomic E-state index is 11.2. The van der Waals surface area contributed by atoms with E-state index >= 15 is 0 Å². The van der Waals surface area contributed by atoms with Crippen LogP contribution in [0.1, 0.15) is 10.4 Å². The summed E-state index contributed by atoms with van der Waals surface area (Å²) in [5, 5.41) is 12.0. The maximum absolute atomic E-state index is 11.2. The molecule has 6 heteroatoms. The van der Waals surface area contributed by atoms with Crippen molar-refractivity contribution in [3.8, 4) is 10.6 Å². The van der Waals surface area contributed by atoms with Gasteiger partial charge in [-0.15, -0.1) is 11.3 Å². The number of halogens is 1. The highest BCUT2D eigenvalue weighted by Crippen LogP contribution is 2.36. The lowest BCUT2D eigenvalue weighted by molar-refractivity contribution is 0.0697. The summed E-state index contributed by atoms with van der Waals surface area (Å²) in [7, 11) is 0. The second kappa shape index (κ2) is 5.30. The highest BCUT2D eigenvalue weighted by molar-refractivity contribution is 7.19. The van der Waals surface area contributed by atoms with Gasteiger partial charge in [0.2, 0.25) is 0 Å². The summed E-state index contributed by atoms with van der Waals surface area (Å²) in [6.45, 7) is 0. The van der Waals surface area contributed by atoms with E-state index in [1.54, 1.807) is 30.6 Å². The molecule has 1 N–H and O–H groups in total. The van der Waals surface area contributed by atoms with Crippen LogP contribution in [0.15, 0.2) is 48.8 Å². The van der Waals surface area contributed by atoms with Crippen LogP contribution in [0, 0.1) is 0 Å². The first kappa shape index (κ1) is 14.1. The van der Waals surface area contributed by atoms with E-state index in [4.69, 9.17) is 16.6 Å². The molecule has 0 unspecified atom stereocenters. The number of nitrogens with zero attached hydrogens (tertiary/aromatic N) is 2. The van der Waals surface area contributed by atoms with Gasteiger partial charge >= 0.3 is 5.97 Å². The summed E-state index contributed by atoms with van der Waals surface area (Å²) in [4.78, 5) is 21.0. The van der Waals surface area contributed by atoms with Gasteiger partial charge in [0.15, 0.2) is 0 Å². The van der Waals surface area contributed by atoms with E-state index in [9.17, 15) is 9.90 Å². The molecule has 0 saturated carbocycles. The molecule has 4 nitrogen and oxygen atoms in total. The summed E-state index contributed by atoms with van der Waals surface area (Å²) < 4.78 is 0.684. The molecule has 0 atom stereocenters. The van der Waals surface area contributed by atoms with Crippen molar-refractivity contribution in [2.24, 2.45) is 0 Å². The Morgan fingerprint density at radius 3 is 2.70 bits per heavy atom. The molecule has 0 aliphatic carbocycles. The quantitative estimate of drug-likeness (QED) is 0.529. The van der Waals surface area contributed by atoms with Crippen LogP contribution in [-0.4, -0.2) is 21.0 Å². The van der Waals surface area contributed by atoms with Gasteiger partial charge in [0, 0.05) is 28.6 Å². The minimum Gasteiger partial charge on any atom is -0.478 e. The minimum atomic E-state index is -0.972. The van der Waals surface area contributed by atoms with Gasteiger partial charge < -0.3 is 5.11 Å². The number of aromatic carboxylic acids is 1. The van der Waals surface area contributed by atoms with E-state index in [-0.39, 0.29) is 5.56 Å². The van der Waals surface area contributed by atoms with Crippen molar-refractivity contribution in [3.05, 3.63) is 58.7 Å². The van der Waals surface area contributed by atoms with Gasteiger partial charge in [0.1, 0.15) is 0 Å². The smallest absolute Gasteiger partial charge is 0.335 e. The van der Waals surface area contributed by atoms with Crippen molar-refractivity contribution in [2.45, 2.75) is 0 Å². The normalized spacial score (nSPS) is 11.2. The second-order valence-electron chi connectivity index (χ2n) is 5.02. The van der Waals surface area contributed by atoms with Crippen molar-refractivity contribution in [1.29, 1.82) is 0 Å². The fraction of sp³-hybridized carbons (Fsp3) is 0. The molecule has 0 radical (unpaired) electrons. The lowest BCUT2D eigenvalue weighted by Crippen LogP contribution is -1.97. The number of pyridine rings is 2. The zero-order chi connectivity index (χ0) is 16.0.